The van der Waals surface area contributed by atoms with Crippen molar-refractivity contribution in [3.63, 3.8) is 0 Å². The molecule has 0 spiro atoms. The number of aromatic nitrogens is 4. The lowest BCUT2D eigenvalue weighted by molar-refractivity contribution is 0.778. The number of nitrogens with zero attached hydrogens (tertiary/aromatic N) is 3. The maximum atomic E-state index is 4.30. The van der Waals surface area contributed by atoms with Crippen LogP contribution in [-0.2, 0) is 6.42 Å². The smallest absolute Gasteiger partial charge is 0.175 e. The van der Waals surface area contributed by atoms with Gasteiger partial charge >= 0.3 is 0 Å². The van der Waals surface area contributed by atoms with Crippen LogP contribution in [0.2, 0.25) is 0 Å². The lowest BCUT2D eigenvalue weighted by atomic mass is 10.4. The van der Waals surface area contributed by atoms with E-state index in [1.807, 2.05) is 13.0 Å². The number of rotatable bonds is 1. The molecule has 0 radical (unpaired) electrons. The Bertz CT molecular complexity index is 339. The molecule has 2 aromatic rings. The van der Waals surface area contributed by atoms with Gasteiger partial charge < -0.3 is 0 Å². The zero-order valence-corrected chi connectivity index (χ0v) is 6.63. The molecule has 0 aromatic carbocycles. The number of fused-ring (bicyclic) bond motifs is 1. The van der Waals surface area contributed by atoms with Crippen LogP contribution in [0.4, 0.5) is 0 Å². The minimum absolute atomic E-state index is 0.902. The van der Waals surface area contributed by atoms with Gasteiger partial charge in [-0.25, -0.2) is 4.98 Å². The number of H-pyrrole nitrogens is 1. The lowest BCUT2D eigenvalue weighted by Gasteiger charge is -1.83. The van der Waals surface area contributed by atoms with Crippen LogP contribution >= 0.6 is 0 Å². The Morgan fingerprint density at radius 1 is 1.64 bits per heavy atom. The van der Waals surface area contributed by atoms with Crippen molar-refractivity contribution in [2.24, 2.45) is 0 Å². The molecule has 1 N–H and O–H groups in total. The number of hydrogen-bond donors (Lipinski definition) is 1. The standard InChI is InChI=1S/C7H10N4/c1-3-6-8-7-4-5(2)9-11(7)10-6/h4H,3H2,1-2H3,(H,8,10). The molecule has 2 heterocycles. The van der Waals surface area contributed by atoms with Crippen LogP contribution in [0.1, 0.15) is 18.4 Å². The summed E-state index contributed by atoms with van der Waals surface area (Å²) in [6.45, 7) is 4.01. The van der Waals surface area contributed by atoms with Crippen molar-refractivity contribution in [2.75, 3.05) is 0 Å². The number of aromatic amines is 1. The second-order valence-corrected chi connectivity index (χ2v) is 2.58. The van der Waals surface area contributed by atoms with E-state index in [0.717, 1.165) is 23.6 Å². The van der Waals surface area contributed by atoms with Crippen LogP contribution in [0.25, 0.3) is 5.65 Å². The van der Waals surface area contributed by atoms with E-state index in [2.05, 4.69) is 22.1 Å². The molecule has 0 unspecified atom stereocenters. The van der Waals surface area contributed by atoms with Crippen molar-refractivity contribution < 1.29 is 0 Å². The van der Waals surface area contributed by atoms with Gasteiger partial charge in [-0.05, 0) is 6.92 Å². The van der Waals surface area contributed by atoms with Gasteiger partial charge in [0.05, 0.1) is 5.69 Å². The van der Waals surface area contributed by atoms with E-state index in [9.17, 15) is 0 Å². The van der Waals surface area contributed by atoms with Gasteiger partial charge in [-0.3, -0.25) is 5.10 Å². The summed E-state index contributed by atoms with van der Waals surface area (Å²) in [5.74, 6) is 0.979. The fourth-order valence-corrected chi connectivity index (χ4v) is 1.09. The summed E-state index contributed by atoms with van der Waals surface area (Å²) in [5, 5.41) is 7.24. The first-order valence-corrected chi connectivity index (χ1v) is 3.71. The van der Waals surface area contributed by atoms with Gasteiger partial charge in [-0.2, -0.15) is 9.73 Å². The van der Waals surface area contributed by atoms with E-state index >= 15 is 0 Å². The number of hydrogen-bond acceptors (Lipinski definition) is 2. The number of aryl methyl sites for hydroxylation is 2. The van der Waals surface area contributed by atoms with Crippen LogP contribution in [0.5, 0.6) is 0 Å². The van der Waals surface area contributed by atoms with E-state index < -0.39 is 0 Å². The van der Waals surface area contributed by atoms with E-state index in [1.165, 1.54) is 0 Å². The highest BCUT2D eigenvalue weighted by molar-refractivity contribution is 5.37. The molecule has 2 aromatic heterocycles. The molecule has 0 aliphatic carbocycles. The molecular weight excluding hydrogens is 140 g/mol. The zero-order valence-electron chi connectivity index (χ0n) is 6.63. The third kappa shape index (κ3) is 0.906. The molecule has 2 rings (SSSR count). The quantitative estimate of drug-likeness (QED) is 0.657. The van der Waals surface area contributed by atoms with Crippen LogP contribution in [0.3, 0.4) is 0 Å². The third-order valence-electron chi connectivity index (χ3n) is 1.63. The molecule has 0 aliphatic rings. The molecule has 11 heavy (non-hydrogen) atoms. The topological polar surface area (TPSA) is 46.0 Å². The van der Waals surface area contributed by atoms with Crippen molar-refractivity contribution in [3.8, 4) is 0 Å². The molecule has 4 heteroatoms. The van der Waals surface area contributed by atoms with Crippen LogP contribution in [-0.4, -0.2) is 19.8 Å². The molecule has 0 aliphatic heterocycles. The Morgan fingerprint density at radius 3 is 3.09 bits per heavy atom. The fourth-order valence-electron chi connectivity index (χ4n) is 1.09. The largest absolute Gasteiger partial charge is 0.263 e. The maximum Gasteiger partial charge on any atom is 0.175 e. The van der Waals surface area contributed by atoms with Gasteiger partial charge in [0.15, 0.2) is 5.65 Å². The van der Waals surface area contributed by atoms with Gasteiger partial charge in [0.1, 0.15) is 5.82 Å². The van der Waals surface area contributed by atoms with Gasteiger partial charge in [0.25, 0.3) is 0 Å². The summed E-state index contributed by atoms with van der Waals surface area (Å²) in [7, 11) is 0. The SMILES string of the molecule is CCc1nc2cc(C)nn2[nH]1. The summed E-state index contributed by atoms with van der Waals surface area (Å²) < 4.78 is 1.70. The Kier molecular flexibility index (Phi) is 1.21. The summed E-state index contributed by atoms with van der Waals surface area (Å²) in [5.41, 5.74) is 1.89. The first kappa shape index (κ1) is 6.39. The van der Waals surface area contributed by atoms with E-state index in [4.69, 9.17) is 0 Å². The predicted molar refractivity (Wildman–Crippen MR) is 41.5 cm³/mol. The van der Waals surface area contributed by atoms with Crippen molar-refractivity contribution >= 4 is 5.65 Å². The molecular formula is C7H10N4. The molecule has 4 nitrogen and oxygen atoms in total. The van der Waals surface area contributed by atoms with Crippen molar-refractivity contribution in [1.82, 2.24) is 19.8 Å². The highest BCUT2D eigenvalue weighted by Gasteiger charge is 2.01. The average Bonchev–Trinajstić information content (AvgIpc) is 2.43. The normalized spacial score (nSPS) is 11.1. The van der Waals surface area contributed by atoms with Gasteiger partial charge in [-0.15, -0.1) is 0 Å². The summed E-state index contributed by atoms with van der Waals surface area (Å²) in [6, 6.07) is 1.95. The Labute approximate surface area is 64.2 Å². The van der Waals surface area contributed by atoms with Crippen LogP contribution < -0.4 is 0 Å². The Morgan fingerprint density at radius 2 is 2.45 bits per heavy atom. The van der Waals surface area contributed by atoms with E-state index in [-0.39, 0.29) is 0 Å². The second-order valence-electron chi connectivity index (χ2n) is 2.58. The van der Waals surface area contributed by atoms with Crippen LogP contribution in [0, 0.1) is 6.92 Å². The van der Waals surface area contributed by atoms with E-state index in [0.29, 0.717) is 0 Å². The first-order valence-electron chi connectivity index (χ1n) is 3.71. The summed E-state index contributed by atoms with van der Waals surface area (Å²) >= 11 is 0. The Balaban J connectivity index is 2.64. The fraction of sp³-hybridized carbons (Fsp3) is 0.429. The van der Waals surface area contributed by atoms with Gasteiger partial charge in [0.2, 0.25) is 0 Å². The highest BCUT2D eigenvalue weighted by Crippen LogP contribution is 2.02. The molecule has 0 saturated heterocycles. The third-order valence-corrected chi connectivity index (χ3v) is 1.63. The minimum atomic E-state index is 0.902. The Hall–Kier alpha value is -1.32. The van der Waals surface area contributed by atoms with Crippen molar-refractivity contribution in [1.29, 1.82) is 0 Å². The first-order chi connectivity index (χ1) is 5.29. The molecule has 0 fully saturated rings. The predicted octanol–water partition coefficient (Wildman–Crippen LogP) is 0.928. The van der Waals surface area contributed by atoms with Crippen molar-refractivity contribution in [2.45, 2.75) is 20.3 Å². The molecule has 0 atom stereocenters. The van der Waals surface area contributed by atoms with Gasteiger partial charge in [-0.1, -0.05) is 6.92 Å². The second kappa shape index (κ2) is 2.08. The average molecular weight is 150 g/mol. The zero-order chi connectivity index (χ0) is 7.84. The van der Waals surface area contributed by atoms with Crippen molar-refractivity contribution in [3.05, 3.63) is 17.6 Å². The molecule has 58 valence electrons. The molecule has 0 bridgehead atoms. The molecule has 0 amide bonds. The van der Waals surface area contributed by atoms with Crippen LogP contribution in [0.15, 0.2) is 6.07 Å². The minimum Gasteiger partial charge on any atom is -0.263 e. The highest BCUT2D eigenvalue weighted by atomic mass is 15.5. The number of nitrogens with one attached hydrogen (secondary N) is 1. The summed E-state index contributed by atoms with van der Waals surface area (Å²) in [4.78, 5) is 4.30. The summed E-state index contributed by atoms with van der Waals surface area (Å²) in [6.07, 6.45) is 0.919. The molecule has 0 saturated carbocycles. The van der Waals surface area contributed by atoms with E-state index in [1.54, 1.807) is 4.63 Å². The maximum absolute atomic E-state index is 4.30. The lowest BCUT2D eigenvalue weighted by Crippen LogP contribution is -1.89. The van der Waals surface area contributed by atoms with Gasteiger partial charge in [0, 0.05) is 12.5 Å². The monoisotopic (exact) mass is 150 g/mol.